The molecule has 0 amide bonds. The summed E-state index contributed by atoms with van der Waals surface area (Å²) in [5.41, 5.74) is 0.799. The van der Waals surface area contributed by atoms with Crippen LogP contribution in [0.5, 0.6) is 0 Å². The van der Waals surface area contributed by atoms with E-state index in [0.29, 0.717) is 0 Å². The Balaban J connectivity index is 3.03. The highest BCUT2D eigenvalue weighted by molar-refractivity contribution is 9.10. The molecule has 0 heterocycles. The lowest BCUT2D eigenvalue weighted by atomic mass is 10.2. The van der Waals surface area contributed by atoms with Crippen molar-refractivity contribution in [2.75, 3.05) is 0 Å². The quantitative estimate of drug-likeness (QED) is 0.559. The molecule has 0 saturated heterocycles. The zero-order valence-corrected chi connectivity index (χ0v) is 5.85. The van der Waals surface area contributed by atoms with Gasteiger partial charge in [0.15, 0.2) is 0 Å². The summed E-state index contributed by atoms with van der Waals surface area (Å²) in [5, 5.41) is 0. The Morgan fingerprint density at radius 1 is 1.12 bits per heavy atom. The molecule has 0 bridgehead atoms. The molecule has 1 rings (SSSR count). The molecule has 1 aromatic rings. The molecule has 0 saturated carbocycles. The fourth-order valence-electron chi connectivity index (χ4n) is 0.463. The molecule has 8 heavy (non-hydrogen) atoms. The van der Waals surface area contributed by atoms with Gasteiger partial charge in [-0.3, -0.25) is 0 Å². The third kappa shape index (κ3) is 1.34. The van der Waals surface area contributed by atoms with Gasteiger partial charge in [-0.1, -0.05) is 28.1 Å². The first kappa shape index (κ1) is 5.83. The van der Waals surface area contributed by atoms with E-state index in [0.717, 1.165) is 10.0 Å². The fraction of sp³-hybridized carbons (Fsp3) is 0. The molecule has 0 aliphatic heterocycles. The highest BCUT2D eigenvalue weighted by Gasteiger charge is 1.81. The standard InChI is InChI=1S/C7H5Br/c1-6-2-4-7(8)5-3-6/h1-5H. The molecule has 0 N–H and O–H groups in total. The molecule has 0 aliphatic rings. The summed E-state index contributed by atoms with van der Waals surface area (Å²) in [6, 6.07) is 7.53. The van der Waals surface area contributed by atoms with Crippen LogP contribution in [0, 0.1) is 6.92 Å². The van der Waals surface area contributed by atoms with Gasteiger partial charge in [0.05, 0.1) is 0 Å². The van der Waals surface area contributed by atoms with Crippen LogP contribution >= 0.6 is 15.9 Å². The zero-order valence-electron chi connectivity index (χ0n) is 4.26. The lowest BCUT2D eigenvalue weighted by Gasteiger charge is -1.88. The first-order valence-electron chi connectivity index (χ1n) is 2.30. The third-order valence-electron chi connectivity index (χ3n) is 0.870. The van der Waals surface area contributed by atoms with Crippen molar-refractivity contribution in [3.63, 3.8) is 0 Å². The first-order chi connectivity index (χ1) is 3.79. The van der Waals surface area contributed by atoms with Crippen molar-refractivity contribution < 1.29 is 0 Å². The van der Waals surface area contributed by atoms with Crippen molar-refractivity contribution in [3.8, 4) is 0 Å². The summed E-state index contributed by atoms with van der Waals surface area (Å²) in [5.74, 6) is 0. The van der Waals surface area contributed by atoms with Gasteiger partial charge in [-0.05, 0) is 24.6 Å². The average molecular weight is 169 g/mol. The van der Waals surface area contributed by atoms with Crippen LogP contribution in [0.25, 0.3) is 0 Å². The predicted octanol–water partition coefficient (Wildman–Crippen LogP) is 2.51. The maximum absolute atomic E-state index is 5.41. The summed E-state index contributed by atoms with van der Waals surface area (Å²) < 4.78 is 1.06. The zero-order chi connectivity index (χ0) is 5.98. The molecule has 0 fully saturated rings. The number of rotatable bonds is 0. The van der Waals surface area contributed by atoms with Gasteiger partial charge >= 0.3 is 0 Å². The summed E-state index contributed by atoms with van der Waals surface area (Å²) in [7, 11) is 0. The Bertz CT molecular complexity index is 143. The summed E-state index contributed by atoms with van der Waals surface area (Å²) >= 11 is 3.29. The SMILES string of the molecule is [CH]c1ccc(Br)cc1. The van der Waals surface area contributed by atoms with Gasteiger partial charge in [0.2, 0.25) is 0 Å². The van der Waals surface area contributed by atoms with Gasteiger partial charge in [0.1, 0.15) is 0 Å². The van der Waals surface area contributed by atoms with E-state index in [1.165, 1.54) is 0 Å². The van der Waals surface area contributed by atoms with Gasteiger partial charge in [-0.2, -0.15) is 0 Å². The van der Waals surface area contributed by atoms with E-state index >= 15 is 0 Å². The van der Waals surface area contributed by atoms with Crippen molar-refractivity contribution in [3.05, 3.63) is 41.2 Å². The third-order valence-corrected chi connectivity index (χ3v) is 1.40. The normalized spacial score (nSPS) is 9.25. The van der Waals surface area contributed by atoms with Crippen LogP contribution < -0.4 is 0 Å². The molecular weight excluding hydrogens is 164 g/mol. The molecule has 0 aromatic heterocycles. The van der Waals surface area contributed by atoms with Gasteiger partial charge in [0.25, 0.3) is 0 Å². The fourth-order valence-corrected chi connectivity index (χ4v) is 0.727. The lowest BCUT2D eigenvalue weighted by molar-refractivity contribution is 1.58. The molecule has 1 heteroatoms. The predicted molar refractivity (Wildman–Crippen MR) is 37.5 cm³/mol. The molecule has 40 valence electrons. The lowest BCUT2D eigenvalue weighted by Crippen LogP contribution is -1.66. The maximum Gasteiger partial charge on any atom is 0.0175 e. The molecule has 0 aliphatic carbocycles. The van der Waals surface area contributed by atoms with E-state index in [1.807, 2.05) is 24.3 Å². The van der Waals surface area contributed by atoms with Crippen LogP contribution in [0.2, 0.25) is 0 Å². The largest absolute Gasteiger partial charge is 0.0576 e. The molecule has 2 radical (unpaired) electrons. The van der Waals surface area contributed by atoms with E-state index in [4.69, 9.17) is 6.92 Å². The first-order valence-corrected chi connectivity index (χ1v) is 3.09. The summed E-state index contributed by atoms with van der Waals surface area (Å²) in [6.07, 6.45) is 0. The topological polar surface area (TPSA) is 0 Å². The van der Waals surface area contributed by atoms with E-state index in [1.54, 1.807) is 0 Å². The highest BCUT2D eigenvalue weighted by atomic mass is 79.9. The summed E-state index contributed by atoms with van der Waals surface area (Å²) in [6.45, 7) is 5.41. The van der Waals surface area contributed by atoms with Gasteiger partial charge in [0, 0.05) is 4.47 Å². The van der Waals surface area contributed by atoms with Crippen LogP contribution in [-0.4, -0.2) is 0 Å². The van der Waals surface area contributed by atoms with Gasteiger partial charge in [-0.15, -0.1) is 0 Å². The molecule has 0 spiro atoms. The van der Waals surface area contributed by atoms with Crippen LogP contribution in [-0.2, 0) is 0 Å². The van der Waals surface area contributed by atoms with Gasteiger partial charge in [-0.25, -0.2) is 0 Å². The maximum atomic E-state index is 5.41. The molecular formula is C7H5Br. The van der Waals surface area contributed by atoms with Crippen LogP contribution in [0.4, 0.5) is 0 Å². The van der Waals surface area contributed by atoms with Crippen molar-refractivity contribution in [2.24, 2.45) is 0 Å². The minimum Gasteiger partial charge on any atom is -0.0576 e. The van der Waals surface area contributed by atoms with E-state index in [2.05, 4.69) is 15.9 Å². The monoisotopic (exact) mass is 168 g/mol. The van der Waals surface area contributed by atoms with Crippen molar-refractivity contribution >= 4 is 15.9 Å². The summed E-state index contributed by atoms with van der Waals surface area (Å²) in [4.78, 5) is 0. The Morgan fingerprint density at radius 2 is 1.62 bits per heavy atom. The van der Waals surface area contributed by atoms with Crippen molar-refractivity contribution in [1.29, 1.82) is 0 Å². The second-order valence-electron chi connectivity index (χ2n) is 1.55. The van der Waals surface area contributed by atoms with Crippen LogP contribution in [0.3, 0.4) is 0 Å². The molecule has 0 atom stereocenters. The average Bonchev–Trinajstić information content (AvgIpc) is 1.77. The second-order valence-corrected chi connectivity index (χ2v) is 2.47. The number of halogens is 1. The molecule has 0 nitrogen and oxygen atoms in total. The van der Waals surface area contributed by atoms with Crippen molar-refractivity contribution in [1.82, 2.24) is 0 Å². The minimum atomic E-state index is 0.799. The Kier molecular flexibility index (Phi) is 1.69. The van der Waals surface area contributed by atoms with E-state index < -0.39 is 0 Å². The Labute approximate surface area is 57.7 Å². The van der Waals surface area contributed by atoms with Crippen LogP contribution in [0.1, 0.15) is 5.56 Å². The van der Waals surface area contributed by atoms with E-state index in [-0.39, 0.29) is 0 Å². The number of hydrogen-bond acceptors (Lipinski definition) is 0. The van der Waals surface area contributed by atoms with Gasteiger partial charge < -0.3 is 0 Å². The number of benzene rings is 1. The van der Waals surface area contributed by atoms with Crippen LogP contribution in [0.15, 0.2) is 28.7 Å². The van der Waals surface area contributed by atoms with Crippen molar-refractivity contribution in [2.45, 2.75) is 0 Å². The smallest absolute Gasteiger partial charge is 0.0175 e. The minimum absolute atomic E-state index is 0.799. The highest BCUT2D eigenvalue weighted by Crippen LogP contribution is 2.08. The van der Waals surface area contributed by atoms with E-state index in [9.17, 15) is 0 Å². The molecule has 1 aromatic carbocycles. The Morgan fingerprint density at radius 3 is 2.00 bits per heavy atom. The molecule has 0 unspecified atom stereocenters. The number of hydrogen-bond donors (Lipinski definition) is 0. The second kappa shape index (κ2) is 2.31. The Hall–Kier alpha value is -0.300.